The van der Waals surface area contributed by atoms with Crippen LogP contribution in [0.4, 0.5) is 24.5 Å². The molecule has 3 aliphatic heterocycles. The highest BCUT2D eigenvalue weighted by Gasteiger charge is 2.51. The number of aryl methyl sites for hydroxylation is 1. The van der Waals surface area contributed by atoms with Gasteiger partial charge >= 0.3 is 6.18 Å². The second kappa shape index (κ2) is 17.8. The minimum absolute atomic E-state index is 0.0206. The lowest BCUT2D eigenvalue weighted by Crippen LogP contribution is -2.59. The number of nitrogens with one attached hydrogen (secondary N) is 1. The third-order valence-electron chi connectivity index (χ3n) is 11.6. The molecule has 1 unspecified atom stereocenters. The van der Waals surface area contributed by atoms with Crippen LogP contribution in [0.15, 0.2) is 60.7 Å². The van der Waals surface area contributed by atoms with Crippen LogP contribution < -0.4 is 19.9 Å². The molecule has 3 aromatic rings. The van der Waals surface area contributed by atoms with Crippen molar-refractivity contribution in [1.82, 2.24) is 15.1 Å². The Labute approximate surface area is 354 Å². The molecule has 0 spiro atoms. The first-order chi connectivity index (χ1) is 28.3. The number of imide groups is 1. The van der Waals surface area contributed by atoms with Crippen LogP contribution in [0.25, 0.3) is 0 Å². The van der Waals surface area contributed by atoms with E-state index in [1.165, 1.54) is 6.07 Å². The van der Waals surface area contributed by atoms with E-state index in [2.05, 4.69) is 29.0 Å². The Morgan fingerprint density at radius 3 is 2.35 bits per heavy atom. The van der Waals surface area contributed by atoms with E-state index in [9.17, 15) is 37.6 Å². The van der Waals surface area contributed by atoms with E-state index < -0.39 is 28.7 Å². The maximum atomic E-state index is 13.8. The number of piperazine rings is 1. The molecule has 0 saturated carbocycles. The van der Waals surface area contributed by atoms with Gasteiger partial charge < -0.3 is 9.64 Å². The van der Waals surface area contributed by atoms with Crippen molar-refractivity contribution in [1.29, 1.82) is 5.26 Å². The quantitative estimate of drug-likeness (QED) is 0.148. The van der Waals surface area contributed by atoms with Crippen molar-refractivity contribution in [2.45, 2.75) is 104 Å². The average molecular weight is 845 g/mol. The van der Waals surface area contributed by atoms with Crippen LogP contribution in [0, 0.1) is 17.2 Å². The maximum absolute atomic E-state index is 13.8. The third-order valence-corrected chi connectivity index (χ3v) is 12.0. The van der Waals surface area contributed by atoms with Gasteiger partial charge in [-0.2, -0.15) is 18.4 Å². The predicted octanol–water partition coefficient (Wildman–Crippen LogP) is 6.63. The van der Waals surface area contributed by atoms with Gasteiger partial charge in [-0.1, -0.05) is 31.2 Å². The lowest BCUT2D eigenvalue weighted by molar-refractivity contribution is -0.138. The number of ether oxygens (including phenoxy) is 1. The summed E-state index contributed by atoms with van der Waals surface area (Å²) < 4.78 is 48.0. The zero-order chi connectivity index (χ0) is 43.7. The summed E-state index contributed by atoms with van der Waals surface area (Å²) in [7, 11) is 0. The summed E-state index contributed by atoms with van der Waals surface area (Å²) in [5, 5.41) is 11.7. The smallest absolute Gasteiger partial charge is 0.417 e. The Morgan fingerprint density at radius 1 is 1.02 bits per heavy atom. The molecule has 15 heteroatoms. The van der Waals surface area contributed by atoms with Crippen LogP contribution in [-0.4, -0.2) is 88.3 Å². The molecule has 6 rings (SSSR count). The second-order valence-electron chi connectivity index (χ2n) is 16.7. The van der Waals surface area contributed by atoms with Crippen LogP contribution in [0.3, 0.4) is 0 Å². The highest BCUT2D eigenvalue weighted by atomic mass is 32.1. The summed E-state index contributed by atoms with van der Waals surface area (Å²) in [6.45, 7) is 14.1. The molecule has 0 bridgehead atoms. The van der Waals surface area contributed by atoms with Crippen molar-refractivity contribution >= 4 is 52.2 Å². The molecule has 3 saturated heterocycles. The molecule has 3 aromatic carbocycles. The fourth-order valence-corrected chi connectivity index (χ4v) is 9.19. The van der Waals surface area contributed by atoms with Gasteiger partial charge in [-0.15, -0.1) is 0 Å². The Balaban J connectivity index is 1.05. The van der Waals surface area contributed by atoms with E-state index in [-0.39, 0.29) is 52.5 Å². The molecule has 11 nitrogen and oxygen atoms in total. The van der Waals surface area contributed by atoms with Crippen molar-refractivity contribution in [2.75, 3.05) is 36.0 Å². The molecule has 318 valence electrons. The highest BCUT2D eigenvalue weighted by Crippen LogP contribution is 2.41. The van der Waals surface area contributed by atoms with E-state index in [1.807, 2.05) is 50.2 Å². The molecule has 0 radical (unpaired) electrons. The number of carbonyl (C=O) groups is 4. The molecular weight excluding hydrogens is 794 g/mol. The van der Waals surface area contributed by atoms with Gasteiger partial charge in [0.2, 0.25) is 11.8 Å². The fraction of sp³-hybridized carbons (Fsp3) is 0.467. The molecular formula is C45H51F3N6O5S. The minimum atomic E-state index is -4.80. The first-order valence-electron chi connectivity index (χ1n) is 20.3. The summed E-state index contributed by atoms with van der Waals surface area (Å²) in [6.07, 6.45) is -2.71. The first kappa shape index (κ1) is 44.4. The number of Topliss-reactive ketones (excluding diaryl/α,β-unsaturated/α-hetero) is 1. The number of hydrogen-bond donors (Lipinski definition) is 1. The fourth-order valence-electron chi connectivity index (χ4n) is 8.67. The van der Waals surface area contributed by atoms with Gasteiger partial charge in [-0.25, -0.2) is 0 Å². The van der Waals surface area contributed by atoms with E-state index in [1.54, 1.807) is 30.9 Å². The standard InChI is InChI=1S/C45H51F3N6O5S/c1-7-32-20-36(54-43(60)53(42(58)44(54,5)6)35-13-11-34(22-49)38(21-35)45(46,47)48)14-15-39(32)59-29(4)25-51-23-27(2)52(28(3)24-51)26-37(55)19-31-10-8-9-30(17-31)18-33-12-16-40(56)50-41(33)57/h8-11,13-15,17,20-21,27-29,33H,7,12,16,18-19,23-26H2,1-6H3,(H,50,56,57)/t27-,28+,29-,33?/m1/s1. The van der Waals surface area contributed by atoms with E-state index >= 15 is 0 Å². The van der Waals surface area contributed by atoms with Crippen molar-refractivity contribution in [3.05, 3.63) is 88.5 Å². The Morgan fingerprint density at radius 2 is 1.70 bits per heavy atom. The highest BCUT2D eigenvalue weighted by molar-refractivity contribution is 7.81. The van der Waals surface area contributed by atoms with Crippen molar-refractivity contribution in [3.63, 3.8) is 0 Å². The predicted molar refractivity (Wildman–Crippen MR) is 226 cm³/mol. The summed E-state index contributed by atoms with van der Waals surface area (Å²) in [5.41, 5.74) is 0.357. The number of carbonyl (C=O) groups excluding carboxylic acids is 4. The molecule has 3 heterocycles. The normalized spacial score (nSPS) is 21.8. The van der Waals surface area contributed by atoms with Crippen molar-refractivity contribution < 1.29 is 37.1 Å². The number of nitrogens with zero attached hydrogens (tertiary/aromatic N) is 5. The van der Waals surface area contributed by atoms with Gasteiger partial charge in [-0.3, -0.25) is 39.2 Å². The van der Waals surface area contributed by atoms with Crippen LogP contribution in [0.5, 0.6) is 5.75 Å². The summed E-state index contributed by atoms with van der Waals surface area (Å²) in [4.78, 5) is 58.2. The molecule has 1 N–H and O–H groups in total. The van der Waals surface area contributed by atoms with Gasteiger partial charge in [-0.05, 0) is 119 Å². The second-order valence-corrected chi connectivity index (χ2v) is 17.1. The first-order valence-corrected chi connectivity index (χ1v) is 20.7. The van der Waals surface area contributed by atoms with E-state index in [0.717, 1.165) is 46.8 Å². The number of amides is 3. The number of alkyl halides is 3. The van der Waals surface area contributed by atoms with Gasteiger partial charge in [0.1, 0.15) is 17.4 Å². The number of halogens is 3. The number of hydrogen-bond acceptors (Lipinski definition) is 9. The van der Waals surface area contributed by atoms with Crippen molar-refractivity contribution in [2.24, 2.45) is 5.92 Å². The molecule has 0 aromatic heterocycles. The monoisotopic (exact) mass is 844 g/mol. The average Bonchev–Trinajstić information content (AvgIpc) is 3.35. The lowest BCUT2D eigenvalue weighted by Gasteiger charge is -2.44. The van der Waals surface area contributed by atoms with Gasteiger partial charge in [0.25, 0.3) is 5.91 Å². The third kappa shape index (κ3) is 9.56. The number of ketones is 1. The van der Waals surface area contributed by atoms with E-state index in [0.29, 0.717) is 56.6 Å². The van der Waals surface area contributed by atoms with Crippen LogP contribution >= 0.6 is 12.2 Å². The summed E-state index contributed by atoms with van der Waals surface area (Å²) >= 11 is 5.75. The molecule has 3 amide bonds. The Bertz CT molecular complexity index is 2210. The summed E-state index contributed by atoms with van der Waals surface area (Å²) in [6, 6.07) is 18.2. The number of thiocarbonyl (C=S) groups is 1. The number of nitriles is 1. The number of rotatable bonds is 13. The molecule has 3 fully saturated rings. The molecule has 3 aliphatic rings. The van der Waals surface area contributed by atoms with Crippen molar-refractivity contribution in [3.8, 4) is 11.8 Å². The maximum Gasteiger partial charge on any atom is 0.417 e. The Hall–Kier alpha value is -5.17. The lowest BCUT2D eigenvalue weighted by atomic mass is 9.90. The SMILES string of the molecule is CCc1cc(N2C(=S)N(c3ccc(C#N)c(C(F)(F)F)c3)C(=O)C2(C)C)ccc1O[C@H](C)CN1C[C@@H](C)N(CC(=O)Cc2cccc(CC3CCC(=O)NC3=O)c2)[C@@H](C)C1. The minimum Gasteiger partial charge on any atom is -0.489 e. The Kier molecular flexibility index (Phi) is 13.2. The van der Waals surface area contributed by atoms with Gasteiger partial charge in [0.15, 0.2) is 10.9 Å². The molecule has 4 atom stereocenters. The van der Waals surface area contributed by atoms with Crippen LogP contribution in [-0.2, 0) is 44.6 Å². The molecule has 60 heavy (non-hydrogen) atoms. The van der Waals surface area contributed by atoms with E-state index in [4.69, 9.17) is 17.0 Å². The number of benzene rings is 3. The number of piperidine rings is 1. The zero-order valence-corrected chi connectivity index (χ0v) is 35.6. The topological polar surface area (TPSA) is 126 Å². The summed E-state index contributed by atoms with van der Waals surface area (Å²) in [5.74, 6) is -0.435. The number of anilines is 2. The van der Waals surface area contributed by atoms with Gasteiger partial charge in [0.05, 0.1) is 29.4 Å². The zero-order valence-electron chi connectivity index (χ0n) is 34.8. The largest absolute Gasteiger partial charge is 0.489 e. The van der Waals surface area contributed by atoms with Crippen LogP contribution in [0.1, 0.15) is 82.2 Å². The van der Waals surface area contributed by atoms with Crippen LogP contribution in [0.2, 0.25) is 0 Å². The molecule has 0 aliphatic carbocycles. The van der Waals surface area contributed by atoms with Gasteiger partial charge in [0, 0.05) is 56.2 Å².